The average molecular weight is 367 g/mol. The first-order valence-electron chi connectivity index (χ1n) is 8.72. The third-order valence-corrected chi connectivity index (χ3v) is 6.59. The third kappa shape index (κ3) is 3.80. The van der Waals surface area contributed by atoms with Crippen molar-refractivity contribution in [2.45, 2.75) is 37.2 Å². The second-order valence-corrected chi connectivity index (χ2v) is 8.54. The van der Waals surface area contributed by atoms with Crippen LogP contribution in [0.25, 0.3) is 0 Å². The van der Waals surface area contributed by atoms with Crippen LogP contribution >= 0.6 is 0 Å². The van der Waals surface area contributed by atoms with Crippen LogP contribution in [0.2, 0.25) is 0 Å². The molecular weight excluding hydrogens is 342 g/mol. The first-order valence-corrected chi connectivity index (χ1v) is 10.2. The third-order valence-electron chi connectivity index (χ3n) is 4.69. The summed E-state index contributed by atoms with van der Waals surface area (Å²) in [7, 11) is -1.59. The molecule has 3 rings (SSSR count). The summed E-state index contributed by atoms with van der Waals surface area (Å²) in [5.74, 6) is 0.313. The molecule has 0 aliphatic carbocycles. The van der Waals surface area contributed by atoms with Crippen LogP contribution in [-0.2, 0) is 14.8 Å². The number of piperazine rings is 1. The summed E-state index contributed by atoms with van der Waals surface area (Å²) in [6.07, 6.45) is 2.04. The monoisotopic (exact) mass is 367 g/mol. The molecular formula is C17H25N3O4S. The number of carbonyl (C=O) groups is 1. The quantitative estimate of drug-likeness (QED) is 0.853. The highest BCUT2D eigenvalue weighted by Gasteiger charge is 2.31. The minimum absolute atomic E-state index is 0.187. The summed E-state index contributed by atoms with van der Waals surface area (Å²) >= 11 is 0. The van der Waals surface area contributed by atoms with Crippen molar-refractivity contribution in [2.75, 3.05) is 38.5 Å². The van der Waals surface area contributed by atoms with Crippen LogP contribution in [0.1, 0.15) is 26.2 Å². The summed E-state index contributed by atoms with van der Waals surface area (Å²) in [6, 6.07) is 4.69. The summed E-state index contributed by atoms with van der Waals surface area (Å²) < 4.78 is 32.9. The van der Waals surface area contributed by atoms with Crippen molar-refractivity contribution >= 4 is 21.6 Å². The molecule has 1 N–H and O–H groups in total. The first kappa shape index (κ1) is 18.2. The highest BCUT2D eigenvalue weighted by Crippen LogP contribution is 2.33. The lowest BCUT2D eigenvalue weighted by Gasteiger charge is -2.32. The normalized spacial score (nSPS) is 22.2. The molecule has 1 atom stereocenters. The minimum Gasteiger partial charge on any atom is -0.478 e. The van der Waals surface area contributed by atoms with Gasteiger partial charge < -0.3 is 15.0 Å². The maximum absolute atomic E-state index is 12.8. The van der Waals surface area contributed by atoms with Gasteiger partial charge in [0, 0.05) is 26.2 Å². The molecule has 8 heteroatoms. The fraction of sp³-hybridized carbons (Fsp3) is 0.588. The van der Waals surface area contributed by atoms with Gasteiger partial charge in [-0.05, 0) is 38.1 Å². The molecule has 138 valence electrons. The molecule has 0 aromatic heterocycles. The fourth-order valence-electron chi connectivity index (χ4n) is 3.05. The fourth-order valence-corrected chi connectivity index (χ4v) is 4.50. The van der Waals surface area contributed by atoms with Gasteiger partial charge in [0.15, 0.2) is 6.10 Å². The molecule has 2 aliphatic rings. The molecule has 0 bridgehead atoms. The molecule has 2 aliphatic heterocycles. The van der Waals surface area contributed by atoms with E-state index in [-0.39, 0.29) is 10.8 Å². The summed E-state index contributed by atoms with van der Waals surface area (Å²) in [5.41, 5.74) is 0.424. The van der Waals surface area contributed by atoms with Crippen LogP contribution in [0.15, 0.2) is 23.1 Å². The molecule has 1 saturated heterocycles. The number of nitrogens with one attached hydrogen (secondary N) is 1. The topological polar surface area (TPSA) is 79.0 Å². The molecule has 1 aromatic carbocycles. The van der Waals surface area contributed by atoms with E-state index in [1.807, 2.05) is 7.05 Å². The second-order valence-electron chi connectivity index (χ2n) is 6.60. The Hall–Kier alpha value is -1.64. The van der Waals surface area contributed by atoms with Crippen LogP contribution < -0.4 is 10.1 Å². The number of sulfonamides is 1. The van der Waals surface area contributed by atoms with E-state index in [0.29, 0.717) is 44.0 Å². The van der Waals surface area contributed by atoms with E-state index >= 15 is 0 Å². The molecule has 1 fully saturated rings. The van der Waals surface area contributed by atoms with E-state index in [2.05, 4.69) is 17.1 Å². The van der Waals surface area contributed by atoms with E-state index in [0.717, 1.165) is 12.8 Å². The van der Waals surface area contributed by atoms with Crippen LogP contribution in [-0.4, -0.2) is 62.9 Å². The lowest BCUT2D eigenvalue weighted by molar-refractivity contribution is -0.123. The Morgan fingerprint density at radius 3 is 2.64 bits per heavy atom. The number of rotatable bonds is 5. The maximum Gasteiger partial charge on any atom is 0.265 e. The average Bonchev–Trinajstić information content (AvgIpc) is 2.59. The number of fused-ring (bicyclic) bond motifs is 1. The molecule has 1 amide bonds. The number of nitrogens with zero attached hydrogens (tertiary/aromatic N) is 2. The van der Waals surface area contributed by atoms with E-state index in [1.165, 1.54) is 10.4 Å². The summed E-state index contributed by atoms with van der Waals surface area (Å²) in [6.45, 7) is 4.42. The zero-order valence-electron chi connectivity index (χ0n) is 14.7. The number of hydrogen-bond acceptors (Lipinski definition) is 5. The molecule has 25 heavy (non-hydrogen) atoms. The van der Waals surface area contributed by atoms with Gasteiger partial charge in [0.05, 0.1) is 10.6 Å². The second kappa shape index (κ2) is 7.31. The van der Waals surface area contributed by atoms with Gasteiger partial charge in [-0.2, -0.15) is 4.31 Å². The Morgan fingerprint density at radius 2 is 1.96 bits per heavy atom. The van der Waals surface area contributed by atoms with Crippen LogP contribution in [0.5, 0.6) is 5.75 Å². The standard InChI is InChI=1S/C17H25N3O4S/c1-3-4-5-16-17(21)18-14-12-13(6-7-15(14)24-16)25(22,23)20-10-8-19(2)9-11-20/h6-7,12,16H,3-5,8-11H2,1-2H3,(H,18,21). The number of anilines is 1. The van der Waals surface area contributed by atoms with Crippen molar-refractivity contribution < 1.29 is 17.9 Å². The number of ether oxygens (including phenoxy) is 1. The lowest BCUT2D eigenvalue weighted by Crippen LogP contribution is -2.47. The largest absolute Gasteiger partial charge is 0.478 e. The highest BCUT2D eigenvalue weighted by atomic mass is 32.2. The Labute approximate surface area is 149 Å². The minimum atomic E-state index is -3.56. The number of likely N-dealkylation sites (N-methyl/N-ethyl adjacent to an activating group) is 1. The number of carbonyl (C=O) groups excluding carboxylic acids is 1. The SMILES string of the molecule is CCCCC1Oc2ccc(S(=O)(=O)N3CCN(C)CC3)cc2NC1=O. The van der Waals surface area contributed by atoms with Crippen molar-refractivity contribution in [3.63, 3.8) is 0 Å². The van der Waals surface area contributed by atoms with Crippen LogP contribution in [0.4, 0.5) is 5.69 Å². The van der Waals surface area contributed by atoms with Crippen molar-refractivity contribution in [3.8, 4) is 5.75 Å². The molecule has 0 saturated carbocycles. The zero-order chi connectivity index (χ0) is 18.0. The van der Waals surface area contributed by atoms with Crippen LogP contribution in [0, 0.1) is 0 Å². The highest BCUT2D eigenvalue weighted by molar-refractivity contribution is 7.89. The Kier molecular flexibility index (Phi) is 5.31. The molecule has 0 radical (unpaired) electrons. The number of amides is 1. The number of benzene rings is 1. The Bertz CT molecular complexity index is 742. The van der Waals surface area contributed by atoms with Crippen molar-refractivity contribution in [2.24, 2.45) is 0 Å². The lowest BCUT2D eigenvalue weighted by atomic mass is 10.1. The van der Waals surface area contributed by atoms with Crippen molar-refractivity contribution in [3.05, 3.63) is 18.2 Å². The zero-order valence-corrected chi connectivity index (χ0v) is 15.5. The molecule has 1 aromatic rings. The van der Waals surface area contributed by atoms with Gasteiger partial charge >= 0.3 is 0 Å². The molecule has 2 heterocycles. The smallest absolute Gasteiger partial charge is 0.265 e. The van der Waals surface area contributed by atoms with E-state index in [1.54, 1.807) is 12.1 Å². The van der Waals surface area contributed by atoms with Gasteiger partial charge in [0.2, 0.25) is 10.0 Å². The first-order chi connectivity index (χ1) is 11.9. The molecule has 0 spiro atoms. The van der Waals surface area contributed by atoms with E-state index in [4.69, 9.17) is 4.74 Å². The van der Waals surface area contributed by atoms with Gasteiger partial charge in [-0.3, -0.25) is 4.79 Å². The van der Waals surface area contributed by atoms with Gasteiger partial charge in [-0.15, -0.1) is 0 Å². The predicted octanol–water partition coefficient (Wildman–Crippen LogP) is 1.51. The van der Waals surface area contributed by atoms with Gasteiger partial charge in [0.1, 0.15) is 5.75 Å². The summed E-state index contributed by atoms with van der Waals surface area (Å²) in [5, 5.41) is 2.79. The number of hydrogen-bond donors (Lipinski definition) is 1. The van der Waals surface area contributed by atoms with Crippen molar-refractivity contribution in [1.82, 2.24) is 9.21 Å². The van der Waals surface area contributed by atoms with Gasteiger partial charge in [-0.1, -0.05) is 13.3 Å². The Balaban J connectivity index is 1.80. The van der Waals surface area contributed by atoms with Gasteiger partial charge in [-0.25, -0.2) is 8.42 Å². The molecule has 7 nitrogen and oxygen atoms in total. The number of unbranched alkanes of at least 4 members (excludes halogenated alkanes) is 1. The van der Waals surface area contributed by atoms with E-state index in [9.17, 15) is 13.2 Å². The predicted molar refractivity (Wildman–Crippen MR) is 95.3 cm³/mol. The van der Waals surface area contributed by atoms with Gasteiger partial charge in [0.25, 0.3) is 5.91 Å². The van der Waals surface area contributed by atoms with Crippen molar-refractivity contribution in [1.29, 1.82) is 0 Å². The maximum atomic E-state index is 12.8. The van der Waals surface area contributed by atoms with E-state index < -0.39 is 16.1 Å². The summed E-state index contributed by atoms with van der Waals surface area (Å²) in [4.78, 5) is 14.4. The Morgan fingerprint density at radius 1 is 1.24 bits per heavy atom. The van der Waals surface area contributed by atoms with Crippen LogP contribution in [0.3, 0.4) is 0 Å². The molecule has 1 unspecified atom stereocenters.